The molecule has 4 atom stereocenters. The molecule has 2 aromatic rings. The van der Waals surface area contributed by atoms with Gasteiger partial charge in [-0.1, -0.05) is 6.08 Å². The molecule has 0 spiro atoms. The van der Waals surface area contributed by atoms with E-state index in [4.69, 9.17) is 11.0 Å². The summed E-state index contributed by atoms with van der Waals surface area (Å²) in [6.45, 7) is 0. The van der Waals surface area contributed by atoms with E-state index in [9.17, 15) is 13.9 Å². The summed E-state index contributed by atoms with van der Waals surface area (Å²) >= 11 is 0. The number of aromatic amines is 1. The highest BCUT2D eigenvalue weighted by atomic mass is 19.1. The fourth-order valence-corrected chi connectivity index (χ4v) is 2.82. The number of H-pyrrole nitrogens is 1. The van der Waals surface area contributed by atoms with Crippen molar-refractivity contribution in [2.75, 3.05) is 0 Å². The van der Waals surface area contributed by atoms with E-state index in [-0.39, 0.29) is 12.1 Å². The molecule has 7 heteroatoms. The highest BCUT2D eigenvalue weighted by Crippen LogP contribution is 2.39. The summed E-state index contributed by atoms with van der Waals surface area (Å²) < 4.78 is 28.3. The summed E-state index contributed by atoms with van der Waals surface area (Å²) in [6, 6.07) is 3.47. The smallest absolute Gasteiger partial charge is 0.147 e. The third-order valence-electron chi connectivity index (χ3n) is 4.03. The third-order valence-corrected chi connectivity index (χ3v) is 4.03. The van der Waals surface area contributed by atoms with Crippen molar-refractivity contribution in [2.24, 2.45) is 11.7 Å². The second-order valence-electron chi connectivity index (χ2n) is 5.36. The van der Waals surface area contributed by atoms with Crippen LogP contribution in [-0.4, -0.2) is 27.4 Å². The molecule has 4 unspecified atom stereocenters. The Kier molecular flexibility index (Phi) is 3.54. The lowest BCUT2D eigenvalue weighted by Gasteiger charge is -2.32. The molecule has 0 bridgehead atoms. The van der Waals surface area contributed by atoms with Gasteiger partial charge in [0.05, 0.1) is 17.6 Å². The number of nitriles is 1. The number of rotatable bonds is 2. The Balaban J connectivity index is 2.03. The van der Waals surface area contributed by atoms with Gasteiger partial charge in [0.1, 0.15) is 24.1 Å². The molecule has 114 valence electrons. The minimum absolute atomic E-state index is 0.0297. The van der Waals surface area contributed by atoms with Crippen LogP contribution in [0.25, 0.3) is 11.0 Å². The van der Waals surface area contributed by atoms with Crippen molar-refractivity contribution < 1.29 is 13.9 Å². The average molecular weight is 304 g/mol. The van der Waals surface area contributed by atoms with Crippen molar-refractivity contribution in [3.05, 3.63) is 41.4 Å². The number of nitrogens with one attached hydrogen (secondary N) is 1. The number of aliphatic hydroxyl groups is 1. The second kappa shape index (κ2) is 5.39. The summed E-state index contributed by atoms with van der Waals surface area (Å²) in [5.41, 5.74) is 6.52. The number of nitrogens with zero attached hydrogens (tertiary/aromatic N) is 2. The van der Waals surface area contributed by atoms with Gasteiger partial charge >= 0.3 is 0 Å². The van der Waals surface area contributed by atoms with E-state index in [1.807, 2.05) is 6.07 Å². The van der Waals surface area contributed by atoms with Gasteiger partial charge in [-0.15, -0.1) is 0 Å². The molecule has 2 heterocycles. The number of allylic oxidation sites excluding steroid dienone is 2. The van der Waals surface area contributed by atoms with Crippen molar-refractivity contribution in [2.45, 2.75) is 24.9 Å². The molecule has 0 aromatic carbocycles. The largest absolute Gasteiger partial charge is 0.400 e. The van der Waals surface area contributed by atoms with Crippen LogP contribution < -0.4 is 5.73 Å². The fourth-order valence-electron chi connectivity index (χ4n) is 2.82. The van der Waals surface area contributed by atoms with E-state index >= 15 is 0 Å². The van der Waals surface area contributed by atoms with Crippen LogP contribution in [0.5, 0.6) is 0 Å². The lowest BCUT2D eigenvalue weighted by atomic mass is 9.82. The number of hydrogen-bond donors (Lipinski definition) is 3. The van der Waals surface area contributed by atoms with Crippen LogP contribution in [0.2, 0.25) is 0 Å². The quantitative estimate of drug-likeness (QED) is 0.790. The van der Waals surface area contributed by atoms with Crippen molar-refractivity contribution in [3.8, 4) is 6.07 Å². The molecule has 1 aliphatic carbocycles. The highest BCUT2D eigenvalue weighted by molar-refractivity contribution is 5.81. The molecule has 0 fully saturated rings. The van der Waals surface area contributed by atoms with Gasteiger partial charge in [0, 0.05) is 29.0 Å². The minimum Gasteiger partial charge on any atom is -0.400 e. The number of halogens is 2. The van der Waals surface area contributed by atoms with Crippen LogP contribution in [0.15, 0.2) is 30.2 Å². The van der Waals surface area contributed by atoms with Crippen molar-refractivity contribution in [1.29, 1.82) is 5.26 Å². The first-order valence-electron chi connectivity index (χ1n) is 6.81. The maximum absolute atomic E-state index is 14.2. The van der Waals surface area contributed by atoms with Gasteiger partial charge in [0.25, 0.3) is 0 Å². The summed E-state index contributed by atoms with van der Waals surface area (Å²) in [7, 11) is 0. The van der Waals surface area contributed by atoms with E-state index in [2.05, 4.69) is 9.97 Å². The Labute approximate surface area is 125 Å². The van der Waals surface area contributed by atoms with Crippen LogP contribution >= 0.6 is 0 Å². The number of fused-ring (bicyclic) bond motifs is 1. The minimum atomic E-state index is -1.75. The van der Waals surface area contributed by atoms with Crippen LogP contribution in [-0.2, 0) is 0 Å². The van der Waals surface area contributed by atoms with E-state index in [0.29, 0.717) is 22.2 Å². The number of aromatic nitrogens is 2. The molecule has 0 radical (unpaired) electrons. The summed E-state index contributed by atoms with van der Waals surface area (Å²) in [5.74, 6) is -1.28. The Morgan fingerprint density at radius 1 is 1.50 bits per heavy atom. The standard InChI is InChI=1S/C15H14F2N4O/c16-10-1-2-11(19)13(17)12(10)14(22)9-6-21-15-8(9)3-7(4-18)5-20-15/h2-3,5-6,10,12-14,22H,1,19H2,(H,20,21). The molecule has 3 rings (SSSR count). The van der Waals surface area contributed by atoms with Gasteiger partial charge in [0.15, 0.2) is 0 Å². The van der Waals surface area contributed by atoms with Gasteiger partial charge in [0.2, 0.25) is 0 Å². The maximum Gasteiger partial charge on any atom is 0.147 e. The van der Waals surface area contributed by atoms with E-state index in [1.165, 1.54) is 24.5 Å². The first kappa shape index (κ1) is 14.5. The number of alkyl halides is 2. The van der Waals surface area contributed by atoms with Crippen LogP contribution in [0.3, 0.4) is 0 Å². The van der Waals surface area contributed by atoms with Gasteiger partial charge < -0.3 is 15.8 Å². The van der Waals surface area contributed by atoms with E-state index in [1.54, 1.807) is 0 Å². The third kappa shape index (κ3) is 2.22. The molecule has 2 aromatic heterocycles. The molecule has 22 heavy (non-hydrogen) atoms. The highest BCUT2D eigenvalue weighted by Gasteiger charge is 2.41. The number of hydrogen-bond acceptors (Lipinski definition) is 4. The lowest BCUT2D eigenvalue weighted by Crippen LogP contribution is -2.38. The van der Waals surface area contributed by atoms with Gasteiger partial charge in [-0.2, -0.15) is 5.26 Å². The maximum atomic E-state index is 14.2. The van der Waals surface area contributed by atoms with Crippen molar-refractivity contribution >= 4 is 11.0 Å². The van der Waals surface area contributed by atoms with Crippen LogP contribution in [0.1, 0.15) is 23.7 Å². The number of aliphatic hydroxyl groups excluding tert-OH is 1. The van der Waals surface area contributed by atoms with E-state index in [0.717, 1.165) is 0 Å². The van der Waals surface area contributed by atoms with E-state index < -0.39 is 24.4 Å². The zero-order valence-corrected chi connectivity index (χ0v) is 11.5. The first-order chi connectivity index (χ1) is 10.5. The Morgan fingerprint density at radius 2 is 2.27 bits per heavy atom. The molecule has 0 saturated carbocycles. The Bertz CT molecular complexity index is 779. The second-order valence-corrected chi connectivity index (χ2v) is 5.36. The normalized spacial score (nSPS) is 26.5. The summed E-state index contributed by atoms with van der Waals surface area (Å²) in [4.78, 5) is 6.87. The molecule has 0 amide bonds. The zero-order chi connectivity index (χ0) is 15.9. The van der Waals surface area contributed by atoms with Gasteiger partial charge in [-0.25, -0.2) is 13.8 Å². The predicted molar refractivity (Wildman–Crippen MR) is 75.9 cm³/mol. The Hall–Kier alpha value is -2.46. The lowest BCUT2D eigenvalue weighted by molar-refractivity contribution is 0.00990. The first-order valence-corrected chi connectivity index (χ1v) is 6.81. The fraction of sp³-hybridized carbons (Fsp3) is 0.333. The molecular formula is C15H14F2N4O. The molecule has 5 nitrogen and oxygen atoms in total. The number of nitrogens with two attached hydrogens (primary N) is 1. The van der Waals surface area contributed by atoms with Crippen molar-refractivity contribution in [1.82, 2.24) is 9.97 Å². The van der Waals surface area contributed by atoms with Crippen LogP contribution in [0.4, 0.5) is 8.78 Å². The summed E-state index contributed by atoms with van der Waals surface area (Å²) in [5, 5.41) is 19.9. The predicted octanol–water partition coefficient (Wildman–Crippen LogP) is 2.01. The molecule has 1 aliphatic rings. The topological polar surface area (TPSA) is 98.7 Å². The molecule has 0 aliphatic heterocycles. The van der Waals surface area contributed by atoms with Crippen molar-refractivity contribution in [3.63, 3.8) is 0 Å². The zero-order valence-electron chi connectivity index (χ0n) is 11.5. The Morgan fingerprint density at radius 3 is 3.00 bits per heavy atom. The van der Waals surface area contributed by atoms with Gasteiger partial charge in [-0.3, -0.25) is 0 Å². The monoisotopic (exact) mass is 304 g/mol. The molecule has 4 N–H and O–H groups in total. The number of pyridine rings is 1. The molecule has 0 saturated heterocycles. The SMILES string of the molecule is N#Cc1cnc2[nH]cc(C(O)C3C(F)CC=C(N)C3F)c2c1. The van der Waals surface area contributed by atoms with Crippen LogP contribution in [0, 0.1) is 17.2 Å². The molecular weight excluding hydrogens is 290 g/mol. The average Bonchev–Trinajstić information content (AvgIpc) is 2.94. The summed E-state index contributed by atoms with van der Waals surface area (Å²) in [6.07, 6.45) is -0.558. The van der Waals surface area contributed by atoms with Gasteiger partial charge in [-0.05, 0) is 12.5 Å².